The van der Waals surface area contributed by atoms with Gasteiger partial charge in [0.1, 0.15) is 24.7 Å². The number of ether oxygens (including phenoxy) is 5. The Morgan fingerprint density at radius 2 is 0.603 bits per heavy atom. The Morgan fingerprint density at radius 1 is 0.328 bits per heavy atom. The van der Waals surface area contributed by atoms with E-state index in [1.165, 1.54) is 85.7 Å². The van der Waals surface area contributed by atoms with Crippen LogP contribution in [0.15, 0.2) is 244 Å². The van der Waals surface area contributed by atoms with Gasteiger partial charge >= 0.3 is 171 Å². The topological polar surface area (TPSA) is 103 Å². The van der Waals surface area contributed by atoms with Gasteiger partial charge < -0.3 is 28.8 Å². The molecule has 0 radical (unpaired) electrons. The largest absolute Gasteiger partial charge is 0.491 e. The maximum Gasteiger partial charge on any atom is 0.312 e. The number of hydrogen-bond donors (Lipinski definition) is 1. The Balaban J connectivity index is 0.000000221. The number of nitrogens with zero attached hydrogens (tertiary/aromatic N) is 5. The second-order valence-corrected chi connectivity index (χ2v) is 41.2. The van der Waals surface area contributed by atoms with Crippen LogP contribution in [0.5, 0.6) is 11.5 Å². The van der Waals surface area contributed by atoms with Crippen molar-refractivity contribution in [2.24, 2.45) is 23.2 Å². The Hall–Kier alpha value is -9.41. The van der Waals surface area contributed by atoms with Crippen molar-refractivity contribution in [3.8, 4) is 44.9 Å². The number of esters is 1. The Kier molecular flexibility index (Phi) is 29.5. The van der Waals surface area contributed by atoms with Gasteiger partial charge in [-0.05, 0) is 139 Å². The molecule has 0 amide bonds. The minimum Gasteiger partial charge on any atom is -0.491 e. The maximum atomic E-state index is 13.1. The van der Waals surface area contributed by atoms with Gasteiger partial charge in [-0.1, -0.05) is 97.1 Å². The van der Waals surface area contributed by atoms with E-state index < -0.39 is 39.0 Å². The van der Waals surface area contributed by atoms with Crippen molar-refractivity contribution in [3.63, 3.8) is 0 Å². The number of aryl methyl sites for hydroxylation is 2. The summed E-state index contributed by atoms with van der Waals surface area (Å²) < 4.78 is 336. The quantitative estimate of drug-likeness (QED) is 0.0202. The number of fused-ring (bicyclic) bond motifs is 2. The average Bonchev–Trinajstić information content (AvgIpc) is 0.738. The van der Waals surface area contributed by atoms with E-state index in [9.17, 15) is 136 Å². The number of para-hydroxylation sites is 2. The van der Waals surface area contributed by atoms with E-state index in [2.05, 4.69) is 242 Å². The van der Waals surface area contributed by atoms with Crippen LogP contribution >= 0.6 is 39.0 Å². The number of benzene rings is 6. The third-order valence-corrected chi connectivity index (χ3v) is 20.0. The molecule has 726 valence electrons. The number of pyridine rings is 5. The first-order valence-electron chi connectivity index (χ1n) is 39.7. The number of aromatic nitrogens is 5. The number of aliphatic hydroxyl groups is 1. The summed E-state index contributed by atoms with van der Waals surface area (Å²) in [6.45, 7) is 7.69. The molecule has 1 N–H and O–H groups in total. The van der Waals surface area contributed by atoms with Gasteiger partial charge in [-0.2, -0.15) is 4.57 Å². The number of carbonyl (C=O) groups excluding carboxylic acids is 1. The molecule has 0 unspecified atom stereocenters. The zero-order valence-corrected chi connectivity index (χ0v) is 73.1. The number of hydrogen-bond acceptors (Lipinski definition) is 7. The Bertz CT molecular complexity index is 5120. The fraction of sp³-hybridized carbons (Fsp3) is 0.310. The van der Waals surface area contributed by atoms with Gasteiger partial charge in [-0.3, -0.25) is 4.79 Å². The van der Waals surface area contributed by atoms with Crippen LogP contribution in [0, 0.1) is 23.2 Å². The summed E-state index contributed by atoms with van der Waals surface area (Å²) >= 11 is 0. The average molecular weight is 2000 g/mol. The molecule has 16 bridgehead atoms. The summed E-state index contributed by atoms with van der Waals surface area (Å²) in [5, 5.41) is 11.9. The van der Waals surface area contributed by atoms with Crippen LogP contribution in [0.2, 0.25) is 0 Å². The van der Waals surface area contributed by atoms with Gasteiger partial charge in [0.25, 0.3) is 0 Å². The van der Waals surface area contributed by atoms with Crippen LogP contribution in [0.4, 0.5) is 126 Å². The molecular formula is C84H88F30N5O7P5. The maximum absolute atomic E-state index is 13.1. The predicted octanol–water partition coefficient (Wildman–Crippen LogP) is 30.1. The normalized spacial score (nSPS) is 19.1. The van der Waals surface area contributed by atoms with E-state index in [1.807, 2.05) is 24.3 Å². The Morgan fingerprint density at radius 3 is 0.893 bits per heavy atom. The minimum atomic E-state index is -10.7. The molecule has 16 aliphatic heterocycles. The third kappa shape index (κ3) is 45.3. The van der Waals surface area contributed by atoms with E-state index in [0.717, 1.165) is 111 Å². The van der Waals surface area contributed by atoms with Crippen molar-refractivity contribution in [3.05, 3.63) is 272 Å². The van der Waals surface area contributed by atoms with Gasteiger partial charge in [0.15, 0.2) is 82.3 Å². The molecule has 0 saturated heterocycles. The van der Waals surface area contributed by atoms with E-state index in [-0.39, 0.29) is 18.0 Å². The van der Waals surface area contributed by atoms with Crippen molar-refractivity contribution in [2.45, 2.75) is 90.5 Å². The fourth-order valence-electron chi connectivity index (χ4n) is 15.4. The monoisotopic (exact) mass is 2000 g/mol. The zero-order valence-electron chi connectivity index (χ0n) is 68.6. The molecular weight excluding hydrogens is 1920 g/mol. The van der Waals surface area contributed by atoms with Gasteiger partial charge in [0, 0.05) is 102 Å². The third-order valence-electron chi connectivity index (χ3n) is 20.0. The van der Waals surface area contributed by atoms with Crippen LogP contribution in [0.1, 0.15) is 79.2 Å². The molecule has 0 spiro atoms. The summed E-state index contributed by atoms with van der Waals surface area (Å²) in [7, 11) is -53.3. The van der Waals surface area contributed by atoms with E-state index in [4.69, 9.17) is 23.7 Å². The van der Waals surface area contributed by atoms with Gasteiger partial charge in [-0.25, -0.2) is 18.3 Å². The number of rotatable bonds is 20. The predicted molar refractivity (Wildman–Crippen MR) is 439 cm³/mol. The Labute approximate surface area is 729 Å². The summed E-state index contributed by atoms with van der Waals surface area (Å²) in [5.41, 5.74) is 15.8. The molecule has 20 aliphatic rings. The molecule has 5 aromatic heterocycles. The number of halogens is 30. The second kappa shape index (κ2) is 36.8. The molecule has 31 rings (SSSR count). The van der Waals surface area contributed by atoms with Gasteiger partial charge in [0.05, 0.1) is 49.2 Å². The SMILES string of the molecule is F[P-](F)(F)(F)(F)F.F[P-](F)(F)(F)(F)F.F[P-](F)(F)(F)(F)F.F[P-](F)(F)(F)(F)F.F[P-](F)(F)(F)(F)F.O=C(OCCCc1ccc(OCCOCCOCCOc2ccc(-c3c4ccccc4[n+](CCCO)c4ccccc34)cc2)cc1)C12CC3CC(CC(C3)C1)C2.c1cc2ccc1C[n+]1ccc(cc1)-c1cc[n+](cc1)Cc1ccc(cc1)C[n+]1ccc(cc1)-c1cc[n+](cc1)C2. The van der Waals surface area contributed by atoms with Crippen LogP contribution in [-0.2, 0) is 58.1 Å². The smallest absolute Gasteiger partial charge is 0.312 e. The summed E-state index contributed by atoms with van der Waals surface area (Å²) in [5.74, 6) is 3.97. The molecule has 47 heteroatoms. The van der Waals surface area contributed by atoms with E-state index >= 15 is 0 Å². The van der Waals surface area contributed by atoms with Gasteiger partial charge in [-0.15, -0.1) is 0 Å². The van der Waals surface area contributed by atoms with Crippen molar-refractivity contribution < 1.29 is 182 Å². The first kappa shape index (κ1) is 105. The molecule has 12 nitrogen and oxygen atoms in total. The summed E-state index contributed by atoms with van der Waals surface area (Å²) in [6.07, 6.45) is 27.0. The molecule has 6 aromatic carbocycles. The first-order chi connectivity index (χ1) is 59.6. The van der Waals surface area contributed by atoms with Crippen LogP contribution in [0.3, 0.4) is 0 Å². The summed E-state index contributed by atoms with van der Waals surface area (Å²) in [6, 6.07) is 68.9. The van der Waals surface area contributed by atoms with Crippen LogP contribution < -0.4 is 32.3 Å². The number of aliphatic hydroxyl groups excluding tert-OH is 1. The summed E-state index contributed by atoms with van der Waals surface area (Å²) in [4.78, 5) is 13.1. The minimum absolute atomic E-state index is 0.0817. The molecule has 4 saturated carbocycles. The molecule has 131 heavy (non-hydrogen) atoms. The van der Waals surface area contributed by atoms with Crippen LogP contribution in [-0.4, -0.2) is 63.9 Å². The molecule has 4 fully saturated rings. The second-order valence-electron chi connectivity index (χ2n) is 31.6. The molecule has 0 atom stereocenters. The molecule has 21 heterocycles. The van der Waals surface area contributed by atoms with Crippen molar-refractivity contribution in [1.82, 2.24) is 0 Å². The van der Waals surface area contributed by atoms with Crippen LogP contribution in [0.25, 0.3) is 55.2 Å². The van der Waals surface area contributed by atoms with E-state index in [1.54, 1.807) is 0 Å². The zero-order chi connectivity index (χ0) is 96.9. The van der Waals surface area contributed by atoms with Gasteiger partial charge in [0.2, 0.25) is 11.0 Å². The standard InChI is InChI=1S/C48H56NO7.C36H32N4.5F6P/c50-21-6-20-49-44-10-3-1-8-42(44)46(43-9-2-4-11-45(43)49)39-14-18-41(19-15-39)55-28-26-53-24-23-52-25-27-54-40-16-12-35(13-17-40)7-5-22-56-47(51)48-32-36-29-37(33-48)31-38(30-36)34-48;1-2-30-4-3-29(1)25-37-17-9-33(10-18-37)35-13-21-39(22-14-35)27-31-5-7-32(8-6-31)28-40-23-15-36(16-24-40)34-11-19-38(26-30)20-12-34;5*1-7(2,3,4,5)6/h1-4,8-19,36-38,50H,5-7,20-34H2;1-24H,25-28H2;;;;;/q+1;+4;5*-1. The number of carbonyl (C=O) groups is 1. The van der Waals surface area contributed by atoms with E-state index in [0.29, 0.717) is 52.7 Å². The van der Waals surface area contributed by atoms with Crippen molar-refractivity contribution in [2.75, 3.05) is 52.9 Å². The molecule has 4 aliphatic carbocycles. The molecule has 11 aromatic rings. The van der Waals surface area contributed by atoms with Crippen molar-refractivity contribution in [1.29, 1.82) is 0 Å². The van der Waals surface area contributed by atoms with Crippen molar-refractivity contribution >= 4 is 66.8 Å². The first-order valence-corrected chi connectivity index (χ1v) is 49.9. The fourth-order valence-corrected chi connectivity index (χ4v) is 15.4.